The summed E-state index contributed by atoms with van der Waals surface area (Å²) in [5.74, 6) is -1.46. The van der Waals surface area contributed by atoms with Gasteiger partial charge in [0.15, 0.2) is 11.6 Å². The lowest BCUT2D eigenvalue weighted by Crippen LogP contribution is -2.46. The quantitative estimate of drug-likeness (QED) is 0.905. The number of piperidine rings is 1. The number of fused-ring (bicyclic) bond motifs is 2. The van der Waals surface area contributed by atoms with E-state index in [1.807, 2.05) is 7.05 Å². The van der Waals surface area contributed by atoms with E-state index in [9.17, 15) is 8.78 Å². The van der Waals surface area contributed by atoms with Crippen molar-refractivity contribution in [2.24, 2.45) is 0 Å². The SMILES string of the molecule is CN(Cc1cccc(F)c1F)C1CC2CCC(C1)N2. The highest BCUT2D eigenvalue weighted by molar-refractivity contribution is 5.19. The van der Waals surface area contributed by atoms with E-state index in [-0.39, 0.29) is 0 Å². The molecule has 2 nitrogen and oxygen atoms in total. The molecule has 2 unspecified atom stereocenters. The Bertz CT molecular complexity index is 451. The van der Waals surface area contributed by atoms with Gasteiger partial charge in [-0.1, -0.05) is 12.1 Å². The number of nitrogens with one attached hydrogen (secondary N) is 1. The fourth-order valence-electron chi connectivity index (χ4n) is 3.46. The summed E-state index contributed by atoms with van der Waals surface area (Å²) in [5.41, 5.74) is 0.452. The van der Waals surface area contributed by atoms with E-state index in [4.69, 9.17) is 0 Å². The van der Waals surface area contributed by atoms with Gasteiger partial charge in [0.25, 0.3) is 0 Å². The van der Waals surface area contributed by atoms with Crippen molar-refractivity contribution in [2.45, 2.75) is 50.4 Å². The van der Waals surface area contributed by atoms with Gasteiger partial charge in [-0.2, -0.15) is 0 Å². The number of benzene rings is 1. The highest BCUT2D eigenvalue weighted by Gasteiger charge is 2.35. The summed E-state index contributed by atoms with van der Waals surface area (Å²) in [6.45, 7) is 0.480. The van der Waals surface area contributed by atoms with Gasteiger partial charge in [0, 0.05) is 30.2 Å². The lowest BCUT2D eigenvalue weighted by atomic mass is 9.98. The highest BCUT2D eigenvalue weighted by atomic mass is 19.2. The number of hydrogen-bond donors (Lipinski definition) is 1. The molecule has 0 radical (unpaired) electrons. The zero-order valence-corrected chi connectivity index (χ0v) is 11.2. The summed E-state index contributed by atoms with van der Waals surface area (Å²) in [7, 11) is 2.01. The summed E-state index contributed by atoms with van der Waals surface area (Å²) >= 11 is 0. The van der Waals surface area contributed by atoms with Crippen LogP contribution in [0.4, 0.5) is 8.78 Å². The maximum atomic E-state index is 13.7. The average Bonchev–Trinajstić information content (AvgIpc) is 2.73. The van der Waals surface area contributed by atoms with Crippen molar-refractivity contribution in [3.63, 3.8) is 0 Å². The van der Waals surface area contributed by atoms with Crippen LogP contribution in [0.5, 0.6) is 0 Å². The molecule has 2 fully saturated rings. The lowest BCUT2D eigenvalue weighted by molar-refractivity contribution is 0.164. The Morgan fingerprint density at radius 2 is 1.89 bits per heavy atom. The highest BCUT2D eigenvalue weighted by Crippen LogP contribution is 2.30. The van der Waals surface area contributed by atoms with E-state index in [1.54, 1.807) is 12.1 Å². The van der Waals surface area contributed by atoms with Crippen molar-refractivity contribution in [1.82, 2.24) is 10.2 Å². The molecule has 4 heteroatoms. The molecule has 19 heavy (non-hydrogen) atoms. The maximum absolute atomic E-state index is 13.7. The van der Waals surface area contributed by atoms with Crippen LogP contribution < -0.4 is 5.32 Å². The summed E-state index contributed by atoms with van der Waals surface area (Å²) in [4.78, 5) is 2.17. The molecule has 2 aliphatic heterocycles. The molecule has 104 valence electrons. The predicted molar refractivity (Wildman–Crippen MR) is 70.8 cm³/mol. The van der Waals surface area contributed by atoms with Gasteiger partial charge in [-0.25, -0.2) is 8.78 Å². The van der Waals surface area contributed by atoms with Crippen molar-refractivity contribution in [1.29, 1.82) is 0 Å². The van der Waals surface area contributed by atoms with E-state index in [0.717, 1.165) is 12.8 Å². The summed E-state index contributed by atoms with van der Waals surface area (Å²) in [6, 6.07) is 6.12. The summed E-state index contributed by atoms with van der Waals surface area (Å²) in [6.07, 6.45) is 4.74. The predicted octanol–water partition coefficient (Wildman–Crippen LogP) is 2.68. The molecular formula is C15H20F2N2. The van der Waals surface area contributed by atoms with Crippen LogP contribution in [0.2, 0.25) is 0 Å². The van der Waals surface area contributed by atoms with Gasteiger partial charge in [-0.15, -0.1) is 0 Å². The van der Waals surface area contributed by atoms with Gasteiger partial charge in [-0.05, 0) is 38.8 Å². The van der Waals surface area contributed by atoms with Gasteiger partial charge in [0.2, 0.25) is 0 Å². The monoisotopic (exact) mass is 266 g/mol. The molecule has 0 spiro atoms. The topological polar surface area (TPSA) is 15.3 Å². The largest absolute Gasteiger partial charge is 0.311 e. The first-order valence-electron chi connectivity index (χ1n) is 7.02. The molecule has 2 aliphatic rings. The average molecular weight is 266 g/mol. The van der Waals surface area contributed by atoms with Crippen LogP contribution in [0.3, 0.4) is 0 Å². The van der Waals surface area contributed by atoms with Crippen molar-refractivity contribution in [2.75, 3.05) is 7.05 Å². The van der Waals surface area contributed by atoms with Gasteiger partial charge in [0.1, 0.15) is 0 Å². The van der Waals surface area contributed by atoms with Crippen molar-refractivity contribution in [3.8, 4) is 0 Å². The van der Waals surface area contributed by atoms with Crippen LogP contribution in [0.25, 0.3) is 0 Å². The first-order valence-corrected chi connectivity index (χ1v) is 7.02. The van der Waals surface area contributed by atoms with Crippen LogP contribution in [-0.4, -0.2) is 30.1 Å². The number of hydrogen-bond acceptors (Lipinski definition) is 2. The second-order valence-electron chi connectivity index (χ2n) is 5.89. The van der Waals surface area contributed by atoms with E-state index >= 15 is 0 Å². The Balaban J connectivity index is 1.68. The van der Waals surface area contributed by atoms with Crippen molar-refractivity contribution >= 4 is 0 Å². The normalized spacial score (nSPS) is 30.0. The smallest absolute Gasteiger partial charge is 0.163 e. The minimum absolute atomic E-state index is 0.452. The van der Waals surface area contributed by atoms with Crippen molar-refractivity contribution in [3.05, 3.63) is 35.4 Å². The second-order valence-corrected chi connectivity index (χ2v) is 5.89. The number of halogens is 2. The van der Waals surface area contributed by atoms with Crippen LogP contribution in [0.15, 0.2) is 18.2 Å². The number of nitrogens with zero attached hydrogens (tertiary/aromatic N) is 1. The van der Waals surface area contributed by atoms with Crippen LogP contribution in [0, 0.1) is 11.6 Å². The minimum atomic E-state index is -0.753. The molecule has 0 aliphatic carbocycles. The van der Waals surface area contributed by atoms with E-state index < -0.39 is 11.6 Å². The molecule has 1 N–H and O–H groups in total. The molecule has 2 heterocycles. The molecule has 0 aromatic heterocycles. The Morgan fingerprint density at radius 3 is 2.58 bits per heavy atom. The molecule has 0 amide bonds. The van der Waals surface area contributed by atoms with E-state index in [0.29, 0.717) is 30.2 Å². The zero-order chi connectivity index (χ0) is 13.4. The third kappa shape index (κ3) is 2.65. The maximum Gasteiger partial charge on any atom is 0.163 e. The minimum Gasteiger partial charge on any atom is -0.311 e. The van der Waals surface area contributed by atoms with Gasteiger partial charge < -0.3 is 5.32 Å². The molecule has 1 aromatic rings. The fraction of sp³-hybridized carbons (Fsp3) is 0.600. The molecule has 2 atom stereocenters. The Morgan fingerprint density at radius 1 is 1.21 bits per heavy atom. The zero-order valence-electron chi connectivity index (χ0n) is 11.2. The third-order valence-corrected chi connectivity index (χ3v) is 4.52. The molecular weight excluding hydrogens is 246 g/mol. The van der Waals surface area contributed by atoms with Crippen LogP contribution in [0.1, 0.15) is 31.2 Å². The molecule has 2 bridgehead atoms. The van der Waals surface area contributed by atoms with Gasteiger partial charge in [-0.3, -0.25) is 4.90 Å². The Hall–Kier alpha value is -1.00. The summed E-state index contributed by atoms with van der Waals surface area (Å²) < 4.78 is 26.9. The fourth-order valence-corrected chi connectivity index (χ4v) is 3.46. The summed E-state index contributed by atoms with van der Waals surface area (Å²) in [5, 5.41) is 3.60. The Kier molecular flexibility index (Phi) is 3.54. The molecule has 0 saturated carbocycles. The van der Waals surface area contributed by atoms with Gasteiger partial charge >= 0.3 is 0 Å². The van der Waals surface area contributed by atoms with Crippen molar-refractivity contribution < 1.29 is 8.78 Å². The van der Waals surface area contributed by atoms with E-state index in [2.05, 4.69) is 10.2 Å². The first kappa shape index (κ1) is 13.0. The van der Waals surface area contributed by atoms with E-state index in [1.165, 1.54) is 18.9 Å². The lowest BCUT2D eigenvalue weighted by Gasteiger charge is -2.35. The second kappa shape index (κ2) is 5.17. The third-order valence-electron chi connectivity index (χ3n) is 4.52. The van der Waals surface area contributed by atoms with Crippen LogP contribution in [-0.2, 0) is 6.54 Å². The Labute approximate surface area is 112 Å². The molecule has 1 aromatic carbocycles. The molecule has 3 rings (SSSR count). The van der Waals surface area contributed by atoms with Gasteiger partial charge in [0.05, 0.1) is 0 Å². The molecule has 2 saturated heterocycles. The first-order chi connectivity index (χ1) is 9.13. The standard InChI is InChI=1S/C15H20F2N2/c1-19(9-10-3-2-4-14(16)15(10)17)13-7-11-5-6-12(8-13)18-11/h2-4,11-13,18H,5-9H2,1H3. The number of rotatable bonds is 3. The van der Waals surface area contributed by atoms with Crippen LogP contribution >= 0.6 is 0 Å².